The molecule has 0 unspecified atom stereocenters. The van der Waals surface area contributed by atoms with Gasteiger partial charge in [0.25, 0.3) is 0 Å². The molecule has 0 aliphatic rings. The minimum absolute atomic E-state index is 0.238. The van der Waals surface area contributed by atoms with E-state index in [9.17, 15) is 9.59 Å². The first kappa shape index (κ1) is 27.6. The van der Waals surface area contributed by atoms with Crippen molar-refractivity contribution in [3.8, 4) is 0 Å². The van der Waals surface area contributed by atoms with Crippen LogP contribution in [-0.4, -0.2) is 51.7 Å². The van der Waals surface area contributed by atoms with Crippen LogP contribution in [0.25, 0.3) is 12.2 Å². The van der Waals surface area contributed by atoms with Crippen LogP contribution in [0.4, 0.5) is 11.4 Å². The number of nitrogens with zero attached hydrogens (tertiary/aromatic N) is 2. The monoisotopic (exact) mass is 508 g/mol. The first-order valence-corrected chi connectivity index (χ1v) is 12.0. The van der Waals surface area contributed by atoms with Gasteiger partial charge >= 0.3 is 0 Å². The molecule has 3 rings (SSSR count). The molecule has 0 spiro atoms. The molecule has 3 aromatic carbocycles. The fourth-order valence-electron chi connectivity index (χ4n) is 3.69. The topological polar surface area (TPSA) is 107 Å². The maximum absolute atomic E-state index is 12.4. The highest BCUT2D eigenvalue weighted by atomic mass is 16.2. The highest BCUT2D eigenvalue weighted by molar-refractivity contribution is 6.05. The van der Waals surface area contributed by atoms with E-state index in [4.69, 9.17) is 0 Å². The molecule has 2 amide bonds. The van der Waals surface area contributed by atoms with Crippen molar-refractivity contribution in [1.82, 2.24) is 10.6 Å². The van der Waals surface area contributed by atoms with Gasteiger partial charge in [-0.3, -0.25) is 19.6 Å². The predicted octanol–water partition coefficient (Wildman–Crippen LogP) is 4.18. The van der Waals surface area contributed by atoms with Gasteiger partial charge in [-0.25, -0.2) is 0 Å². The Morgan fingerprint density at radius 3 is 1.37 bits per heavy atom. The average Bonchev–Trinajstić information content (AvgIpc) is 2.93. The molecule has 8 heteroatoms. The van der Waals surface area contributed by atoms with Crippen molar-refractivity contribution in [3.05, 3.63) is 107 Å². The number of amidine groups is 2. The lowest BCUT2D eigenvalue weighted by molar-refractivity contribution is -0.112. The van der Waals surface area contributed by atoms with Crippen molar-refractivity contribution in [1.29, 1.82) is 0 Å². The number of rotatable bonds is 8. The van der Waals surface area contributed by atoms with Gasteiger partial charge in [0.1, 0.15) is 11.7 Å². The second-order valence-corrected chi connectivity index (χ2v) is 8.12. The van der Waals surface area contributed by atoms with E-state index in [1.807, 2.05) is 72.8 Å². The first-order chi connectivity index (χ1) is 18.4. The fourth-order valence-corrected chi connectivity index (χ4v) is 3.69. The molecule has 0 radical (unpaired) electrons. The molecule has 0 atom stereocenters. The Kier molecular flexibility index (Phi) is 10.1. The van der Waals surface area contributed by atoms with E-state index in [-0.39, 0.29) is 11.8 Å². The van der Waals surface area contributed by atoms with Crippen molar-refractivity contribution in [2.75, 3.05) is 38.8 Å². The van der Waals surface area contributed by atoms with E-state index >= 15 is 0 Å². The highest BCUT2D eigenvalue weighted by Gasteiger charge is 2.05. The van der Waals surface area contributed by atoms with E-state index in [1.165, 1.54) is 12.2 Å². The smallest absolute Gasteiger partial charge is 0.248 e. The summed E-state index contributed by atoms with van der Waals surface area (Å²) in [7, 11) is 7.02. The second-order valence-electron chi connectivity index (χ2n) is 8.12. The van der Waals surface area contributed by atoms with Gasteiger partial charge in [0, 0.05) is 62.8 Å². The number of carbonyl (C=O) groups excluding carboxylic acids is 2. The van der Waals surface area contributed by atoms with Crippen LogP contribution in [0.3, 0.4) is 0 Å². The van der Waals surface area contributed by atoms with Crippen LogP contribution < -0.4 is 21.3 Å². The highest BCUT2D eigenvalue weighted by Crippen LogP contribution is 2.14. The summed E-state index contributed by atoms with van der Waals surface area (Å²) in [5.74, 6) is 1.00. The van der Waals surface area contributed by atoms with Crippen molar-refractivity contribution in [2.24, 2.45) is 9.98 Å². The van der Waals surface area contributed by atoms with Crippen LogP contribution in [0, 0.1) is 0 Å². The third-order valence-corrected chi connectivity index (χ3v) is 5.52. The largest absolute Gasteiger partial charge is 0.373 e. The second kappa shape index (κ2) is 13.9. The number of hydrogen-bond donors (Lipinski definition) is 4. The van der Waals surface area contributed by atoms with Crippen LogP contribution in [0.5, 0.6) is 0 Å². The van der Waals surface area contributed by atoms with Gasteiger partial charge in [0.2, 0.25) is 11.8 Å². The molecule has 8 nitrogen and oxygen atoms in total. The summed E-state index contributed by atoms with van der Waals surface area (Å²) in [6.45, 7) is 0. The molecular formula is C30H32N6O2. The van der Waals surface area contributed by atoms with Crippen molar-refractivity contribution in [2.45, 2.75) is 0 Å². The maximum Gasteiger partial charge on any atom is 0.248 e. The maximum atomic E-state index is 12.4. The minimum atomic E-state index is -0.238. The summed E-state index contributed by atoms with van der Waals surface area (Å²) in [4.78, 5) is 33.1. The minimum Gasteiger partial charge on any atom is -0.373 e. The van der Waals surface area contributed by atoms with Crippen molar-refractivity contribution < 1.29 is 9.59 Å². The molecule has 0 bridgehead atoms. The standard InChI is InChI=1S/C30H32N6O2/c1-31-29(32-2)23-7-5-9-25(19-23)35-27(37)17-15-21-11-13-22(14-12-21)16-18-28(38)36-26-10-6-8-24(20-26)30(33-3)34-4/h5-20H,1-4H3,(H,31,32)(H,33,34)(H,35,37)(H,36,38)/b17-15+,18-16+. The molecule has 0 fully saturated rings. The van der Waals surface area contributed by atoms with Gasteiger partial charge in [-0.1, -0.05) is 48.5 Å². The third kappa shape index (κ3) is 8.03. The summed E-state index contributed by atoms with van der Waals surface area (Å²) < 4.78 is 0. The van der Waals surface area contributed by atoms with Crippen LogP contribution in [0.1, 0.15) is 22.3 Å². The molecule has 38 heavy (non-hydrogen) atoms. The van der Waals surface area contributed by atoms with E-state index in [2.05, 4.69) is 31.3 Å². The Bertz CT molecular complexity index is 1280. The van der Waals surface area contributed by atoms with Gasteiger partial charge < -0.3 is 21.3 Å². The van der Waals surface area contributed by atoms with Gasteiger partial charge in [0.05, 0.1) is 0 Å². The molecule has 0 aliphatic carbocycles. The number of amides is 2. The van der Waals surface area contributed by atoms with E-state index in [1.54, 1.807) is 40.3 Å². The molecule has 0 saturated heterocycles. The first-order valence-electron chi connectivity index (χ1n) is 12.0. The average molecular weight is 509 g/mol. The van der Waals surface area contributed by atoms with Gasteiger partial charge in [0.15, 0.2) is 0 Å². The normalized spacial score (nSPS) is 12.0. The van der Waals surface area contributed by atoms with E-state index in [0.29, 0.717) is 11.4 Å². The SMILES string of the molecule is CN=C(NC)c1cccc(NC(=O)/C=C/c2ccc(/C=C/C(=O)Nc3cccc(C(=NC)NC)c3)cc2)c1. The van der Waals surface area contributed by atoms with Crippen molar-refractivity contribution in [3.63, 3.8) is 0 Å². The summed E-state index contributed by atoms with van der Waals surface area (Å²) in [6, 6.07) is 22.5. The number of carbonyl (C=O) groups is 2. The lowest BCUT2D eigenvalue weighted by atomic mass is 10.1. The van der Waals surface area contributed by atoms with Crippen LogP contribution >= 0.6 is 0 Å². The third-order valence-electron chi connectivity index (χ3n) is 5.52. The number of aliphatic imine (C=N–C) groups is 2. The number of anilines is 2. The Hall–Kier alpha value is -4.98. The lowest BCUT2D eigenvalue weighted by Crippen LogP contribution is -2.19. The summed E-state index contributed by atoms with van der Waals surface area (Å²) in [5, 5.41) is 11.8. The zero-order chi connectivity index (χ0) is 27.3. The molecule has 194 valence electrons. The molecule has 4 N–H and O–H groups in total. The summed E-state index contributed by atoms with van der Waals surface area (Å²) in [5.41, 5.74) is 4.86. The zero-order valence-corrected chi connectivity index (χ0v) is 21.9. The zero-order valence-electron chi connectivity index (χ0n) is 21.9. The van der Waals surface area contributed by atoms with Gasteiger partial charge in [-0.15, -0.1) is 0 Å². The molecular weight excluding hydrogens is 476 g/mol. The number of hydrogen-bond acceptors (Lipinski definition) is 4. The summed E-state index contributed by atoms with van der Waals surface area (Å²) >= 11 is 0. The van der Waals surface area contributed by atoms with Gasteiger partial charge in [-0.2, -0.15) is 0 Å². The predicted molar refractivity (Wildman–Crippen MR) is 158 cm³/mol. The van der Waals surface area contributed by atoms with Crippen LogP contribution in [0.15, 0.2) is 94.9 Å². The van der Waals surface area contributed by atoms with E-state index in [0.717, 1.165) is 33.9 Å². The molecule has 0 saturated carbocycles. The Balaban J connectivity index is 1.56. The number of nitrogens with one attached hydrogen (secondary N) is 4. The Morgan fingerprint density at radius 2 is 1.03 bits per heavy atom. The van der Waals surface area contributed by atoms with Crippen LogP contribution in [-0.2, 0) is 9.59 Å². The fraction of sp³-hybridized carbons (Fsp3) is 0.133. The van der Waals surface area contributed by atoms with E-state index < -0.39 is 0 Å². The molecule has 0 aliphatic heterocycles. The Morgan fingerprint density at radius 1 is 0.632 bits per heavy atom. The van der Waals surface area contributed by atoms with Crippen LogP contribution in [0.2, 0.25) is 0 Å². The quantitative estimate of drug-likeness (QED) is 0.208. The molecule has 0 aromatic heterocycles. The Labute approximate surface area is 223 Å². The van der Waals surface area contributed by atoms with Crippen molar-refractivity contribution >= 4 is 47.0 Å². The van der Waals surface area contributed by atoms with Gasteiger partial charge in [-0.05, 0) is 47.5 Å². The molecule has 3 aromatic rings. The molecule has 0 heterocycles. The number of benzene rings is 3. The summed E-state index contributed by atoms with van der Waals surface area (Å²) in [6.07, 6.45) is 6.43. The lowest BCUT2D eigenvalue weighted by Gasteiger charge is -2.08.